The molecule has 0 radical (unpaired) electrons. The highest BCUT2D eigenvalue weighted by molar-refractivity contribution is 5.88. The number of benzene rings is 2. The van der Waals surface area contributed by atoms with Gasteiger partial charge in [0.15, 0.2) is 11.6 Å². The Bertz CT molecular complexity index is 733. The van der Waals surface area contributed by atoms with Crippen molar-refractivity contribution in [1.29, 1.82) is 0 Å². The topological polar surface area (TPSA) is 41.6 Å². The van der Waals surface area contributed by atoms with E-state index >= 15 is 0 Å². The molecular weight excluding hydrogens is 295 g/mol. The van der Waals surface area contributed by atoms with Crippen LogP contribution >= 0.6 is 0 Å². The zero-order valence-electron chi connectivity index (χ0n) is 13.2. The third kappa shape index (κ3) is 3.44. The van der Waals surface area contributed by atoms with Crippen molar-refractivity contribution in [3.63, 3.8) is 0 Å². The van der Waals surface area contributed by atoms with Gasteiger partial charge in [-0.2, -0.15) is 0 Å². The Balaban J connectivity index is 1.86. The fraction of sp³-hybridized carbons (Fsp3) is 0.278. The molecule has 1 unspecified atom stereocenters. The van der Waals surface area contributed by atoms with Crippen LogP contribution in [0.2, 0.25) is 0 Å². The molecule has 1 aliphatic heterocycles. The lowest BCUT2D eigenvalue weighted by molar-refractivity contribution is -0.114. The summed E-state index contributed by atoms with van der Waals surface area (Å²) in [6.45, 7) is 4.71. The van der Waals surface area contributed by atoms with Crippen LogP contribution in [0.1, 0.15) is 19.4 Å². The number of ether oxygens (including phenoxy) is 1. The standard InChI is InChI=1S/C18H19FN2O2/c1-12-10-21(17-8-4-7-16(19)18(17)23-12)11-14-5-3-6-15(9-14)20-13(2)22/h3-9,12H,10-11H2,1-2H3,(H,20,22). The van der Waals surface area contributed by atoms with Gasteiger partial charge < -0.3 is 15.0 Å². The average Bonchev–Trinajstić information content (AvgIpc) is 2.48. The Morgan fingerprint density at radius 1 is 1.35 bits per heavy atom. The van der Waals surface area contributed by atoms with Crippen LogP contribution in [-0.4, -0.2) is 18.6 Å². The highest BCUT2D eigenvalue weighted by atomic mass is 19.1. The number of rotatable bonds is 3. The quantitative estimate of drug-likeness (QED) is 0.941. The van der Waals surface area contributed by atoms with Crippen molar-refractivity contribution in [3.8, 4) is 5.75 Å². The van der Waals surface area contributed by atoms with Gasteiger partial charge in [-0.3, -0.25) is 4.79 Å². The Kier molecular flexibility index (Phi) is 4.19. The molecule has 23 heavy (non-hydrogen) atoms. The molecule has 1 heterocycles. The van der Waals surface area contributed by atoms with Gasteiger partial charge in [0.05, 0.1) is 12.2 Å². The molecule has 0 aliphatic carbocycles. The molecule has 0 bridgehead atoms. The number of amides is 1. The predicted molar refractivity (Wildman–Crippen MR) is 88.3 cm³/mol. The van der Waals surface area contributed by atoms with E-state index in [1.165, 1.54) is 13.0 Å². The number of nitrogens with zero attached hydrogens (tertiary/aromatic N) is 1. The third-order valence-corrected chi connectivity index (χ3v) is 3.70. The SMILES string of the molecule is CC(=O)Nc1cccc(CN2CC(C)Oc3c(F)cccc32)c1. The molecule has 1 aliphatic rings. The number of hydrogen-bond donors (Lipinski definition) is 1. The number of halogens is 1. The summed E-state index contributed by atoms with van der Waals surface area (Å²) >= 11 is 0. The van der Waals surface area contributed by atoms with Gasteiger partial charge in [-0.05, 0) is 36.8 Å². The van der Waals surface area contributed by atoms with Crippen molar-refractivity contribution in [2.24, 2.45) is 0 Å². The largest absolute Gasteiger partial charge is 0.484 e. The van der Waals surface area contributed by atoms with Gasteiger partial charge in [0.25, 0.3) is 0 Å². The molecular formula is C18H19FN2O2. The van der Waals surface area contributed by atoms with E-state index in [0.717, 1.165) is 16.9 Å². The molecule has 3 rings (SSSR count). The molecule has 120 valence electrons. The average molecular weight is 314 g/mol. The van der Waals surface area contributed by atoms with Crippen LogP contribution in [0.4, 0.5) is 15.8 Å². The summed E-state index contributed by atoms with van der Waals surface area (Å²) in [4.78, 5) is 13.3. The van der Waals surface area contributed by atoms with Gasteiger partial charge in [-0.15, -0.1) is 0 Å². The lowest BCUT2D eigenvalue weighted by atomic mass is 10.1. The van der Waals surface area contributed by atoms with E-state index in [1.807, 2.05) is 37.3 Å². The van der Waals surface area contributed by atoms with Crippen molar-refractivity contribution in [2.75, 3.05) is 16.8 Å². The molecule has 0 saturated heterocycles. The second kappa shape index (κ2) is 6.28. The number of nitrogens with one attached hydrogen (secondary N) is 1. The smallest absolute Gasteiger partial charge is 0.221 e. The highest BCUT2D eigenvalue weighted by Gasteiger charge is 2.25. The Hall–Kier alpha value is -2.56. The number of fused-ring (bicyclic) bond motifs is 1. The van der Waals surface area contributed by atoms with Crippen LogP contribution in [0, 0.1) is 5.82 Å². The summed E-state index contributed by atoms with van der Waals surface area (Å²) in [6.07, 6.45) is -0.0853. The van der Waals surface area contributed by atoms with Gasteiger partial charge in [0.1, 0.15) is 6.10 Å². The minimum Gasteiger partial charge on any atom is -0.484 e. The van der Waals surface area contributed by atoms with E-state index in [4.69, 9.17) is 4.74 Å². The van der Waals surface area contributed by atoms with Gasteiger partial charge >= 0.3 is 0 Å². The molecule has 2 aromatic carbocycles. The Morgan fingerprint density at radius 2 is 2.13 bits per heavy atom. The molecule has 1 atom stereocenters. The summed E-state index contributed by atoms with van der Waals surface area (Å²) < 4.78 is 19.6. The molecule has 2 aromatic rings. The van der Waals surface area contributed by atoms with Crippen LogP contribution in [0.15, 0.2) is 42.5 Å². The van der Waals surface area contributed by atoms with Crippen molar-refractivity contribution < 1.29 is 13.9 Å². The summed E-state index contributed by atoms with van der Waals surface area (Å²) in [5.74, 6) is -0.134. The van der Waals surface area contributed by atoms with Crippen molar-refractivity contribution >= 4 is 17.3 Å². The predicted octanol–water partition coefficient (Wildman–Crippen LogP) is 3.57. The lowest BCUT2D eigenvalue weighted by Gasteiger charge is -2.35. The maximum atomic E-state index is 14.0. The third-order valence-electron chi connectivity index (χ3n) is 3.70. The van der Waals surface area contributed by atoms with Crippen LogP contribution in [0.3, 0.4) is 0 Å². The second-order valence-electron chi connectivity index (χ2n) is 5.78. The minimum atomic E-state index is -0.342. The number of carbonyl (C=O) groups is 1. The minimum absolute atomic E-state index is 0.0853. The zero-order valence-corrected chi connectivity index (χ0v) is 13.2. The van der Waals surface area contributed by atoms with E-state index in [2.05, 4.69) is 10.2 Å². The van der Waals surface area contributed by atoms with E-state index in [0.29, 0.717) is 18.8 Å². The van der Waals surface area contributed by atoms with Crippen molar-refractivity contribution in [3.05, 3.63) is 53.8 Å². The zero-order chi connectivity index (χ0) is 16.4. The van der Waals surface area contributed by atoms with Gasteiger partial charge in [0.2, 0.25) is 5.91 Å². The molecule has 0 saturated carbocycles. The first-order valence-corrected chi connectivity index (χ1v) is 7.59. The van der Waals surface area contributed by atoms with Crippen molar-refractivity contribution in [1.82, 2.24) is 0 Å². The van der Waals surface area contributed by atoms with Gasteiger partial charge in [-0.25, -0.2) is 4.39 Å². The number of anilines is 2. The summed E-state index contributed by atoms with van der Waals surface area (Å²) in [6, 6.07) is 12.6. The molecule has 0 aromatic heterocycles. The molecule has 5 heteroatoms. The maximum Gasteiger partial charge on any atom is 0.221 e. The number of carbonyl (C=O) groups excluding carboxylic acids is 1. The normalized spacial score (nSPS) is 16.5. The fourth-order valence-corrected chi connectivity index (χ4v) is 2.83. The fourth-order valence-electron chi connectivity index (χ4n) is 2.83. The monoisotopic (exact) mass is 314 g/mol. The maximum absolute atomic E-state index is 14.0. The van der Waals surface area contributed by atoms with Crippen molar-refractivity contribution in [2.45, 2.75) is 26.5 Å². The first kappa shape index (κ1) is 15.3. The first-order valence-electron chi connectivity index (χ1n) is 7.59. The van der Waals surface area contributed by atoms with Gasteiger partial charge in [-0.1, -0.05) is 18.2 Å². The van der Waals surface area contributed by atoms with E-state index in [-0.39, 0.29) is 17.8 Å². The molecule has 0 spiro atoms. The second-order valence-corrected chi connectivity index (χ2v) is 5.78. The van der Waals surface area contributed by atoms with E-state index in [1.54, 1.807) is 6.07 Å². The summed E-state index contributed by atoms with van der Waals surface area (Å²) in [7, 11) is 0. The van der Waals surface area contributed by atoms with Crippen LogP contribution in [0.25, 0.3) is 0 Å². The Labute approximate surface area is 134 Å². The van der Waals surface area contributed by atoms with Crippen LogP contribution in [-0.2, 0) is 11.3 Å². The van der Waals surface area contributed by atoms with Crippen LogP contribution in [0.5, 0.6) is 5.75 Å². The number of hydrogen-bond acceptors (Lipinski definition) is 3. The molecule has 4 nitrogen and oxygen atoms in total. The number of para-hydroxylation sites is 1. The summed E-state index contributed by atoms with van der Waals surface area (Å²) in [5.41, 5.74) is 2.56. The first-order chi connectivity index (χ1) is 11.0. The molecule has 0 fully saturated rings. The molecule has 1 amide bonds. The lowest BCUT2D eigenvalue weighted by Crippen LogP contribution is -2.38. The van der Waals surface area contributed by atoms with Gasteiger partial charge in [0, 0.05) is 19.2 Å². The Morgan fingerprint density at radius 3 is 2.91 bits per heavy atom. The molecule has 1 N–H and O–H groups in total. The van der Waals surface area contributed by atoms with E-state index < -0.39 is 0 Å². The van der Waals surface area contributed by atoms with Crippen LogP contribution < -0.4 is 15.0 Å². The highest BCUT2D eigenvalue weighted by Crippen LogP contribution is 2.36. The summed E-state index contributed by atoms with van der Waals surface area (Å²) in [5, 5.41) is 2.78. The van der Waals surface area contributed by atoms with E-state index in [9.17, 15) is 9.18 Å².